The molecular formula is C11H8ClFN2O4S2. The standard InChI is InChI=1S/C11H8ClFN2O4S2/c1-5-4-14-11(20-5)15-21(18,19)8-3-6(12)2-7(9(8)13)10(16)17/h2-4H,1H3,(H,14,15)(H,16,17). The molecule has 112 valence electrons. The number of carbonyl (C=O) groups is 1. The third kappa shape index (κ3) is 3.31. The lowest BCUT2D eigenvalue weighted by Gasteiger charge is -2.08. The number of benzene rings is 1. The second kappa shape index (κ2) is 5.58. The Bertz CT molecular complexity index is 820. The highest BCUT2D eigenvalue weighted by Gasteiger charge is 2.26. The minimum atomic E-state index is -4.33. The molecule has 0 bridgehead atoms. The van der Waals surface area contributed by atoms with Gasteiger partial charge < -0.3 is 5.11 Å². The van der Waals surface area contributed by atoms with Gasteiger partial charge in [0.15, 0.2) is 10.9 Å². The first-order valence-corrected chi connectivity index (χ1v) is 8.06. The van der Waals surface area contributed by atoms with Crippen LogP contribution >= 0.6 is 22.9 Å². The Morgan fingerprint density at radius 2 is 2.14 bits per heavy atom. The Morgan fingerprint density at radius 1 is 1.48 bits per heavy atom. The summed E-state index contributed by atoms with van der Waals surface area (Å²) in [5.74, 6) is -3.00. The number of rotatable bonds is 4. The molecular weight excluding hydrogens is 343 g/mol. The average molecular weight is 351 g/mol. The molecule has 0 saturated heterocycles. The highest BCUT2D eigenvalue weighted by molar-refractivity contribution is 7.93. The van der Waals surface area contributed by atoms with Crippen molar-refractivity contribution in [2.24, 2.45) is 0 Å². The zero-order valence-corrected chi connectivity index (χ0v) is 12.8. The van der Waals surface area contributed by atoms with E-state index in [4.69, 9.17) is 16.7 Å². The molecule has 0 aliphatic rings. The molecule has 0 amide bonds. The van der Waals surface area contributed by atoms with Crippen molar-refractivity contribution in [1.29, 1.82) is 0 Å². The van der Waals surface area contributed by atoms with Crippen LogP contribution in [-0.2, 0) is 10.0 Å². The van der Waals surface area contributed by atoms with Crippen LogP contribution in [0.1, 0.15) is 15.2 Å². The van der Waals surface area contributed by atoms with Crippen LogP contribution in [0.4, 0.5) is 9.52 Å². The van der Waals surface area contributed by atoms with Gasteiger partial charge in [-0.15, -0.1) is 11.3 Å². The number of hydrogen-bond donors (Lipinski definition) is 2. The third-order valence-corrected chi connectivity index (χ3v) is 4.88. The molecule has 0 unspecified atom stereocenters. The maximum atomic E-state index is 14.0. The summed E-state index contributed by atoms with van der Waals surface area (Å²) >= 11 is 6.70. The Hall–Kier alpha value is -1.71. The summed E-state index contributed by atoms with van der Waals surface area (Å²) in [6.07, 6.45) is 1.44. The van der Waals surface area contributed by atoms with E-state index >= 15 is 0 Å². The maximum absolute atomic E-state index is 14.0. The summed E-state index contributed by atoms with van der Waals surface area (Å²) in [5.41, 5.74) is -0.821. The summed E-state index contributed by atoms with van der Waals surface area (Å²) in [6.45, 7) is 1.72. The zero-order chi connectivity index (χ0) is 15.8. The zero-order valence-electron chi connectivity index (χ0n) is 10.4. The number of aryl methyl sites for hydroxylation is 1. The van der Waals surface area contributed by atoms with Crippen molar-refractivity contribution in [3.63, 3.8) is 0 Å². The van der Waals surface area contributed by atoms with E-state index in [-0.39, 0.29) is 10.2 Å². The van der Waals surface area contributed by atoms with Gasteiger partial charge in [-0.3, -0.25) is 4.72 Å². The summed E-state index contributed by atoms with van der Waals surface area (Å²) in [6, 6.07) is 1.68. The highest BCUT2D eigenvalue weighted by atomic mass is 35.5. The van der Waals surface area contributed by atoms with Crippen molar-refractivity contribution >= 4 is 44.1 Å². The van der Waals surface area contributed by atoms with Crippen molar-refractivity contribution in [1.82, 2.24) is 4.98 Å². The molecule has 2 aromatic rings. The molecule has 0 atom stereocenters. The molecule has 1 heterocycles. The summed E-state index contributed by atoms with van der Waals surface area (Å²) < 4.78 is 40.4. The molecule has 2 rings (SSSR count). The van der Waals surface area contributed by atoms with Gasteiger partial charge in [-0.2, -0.15) is 0 Å². The summed E-state index contributed by atoms with van der Waals surface area (Å²) in [5, 5.41) is 8.69. The third-order valence-electron chi connectivity index (χ3n) is 2.37. The Kier molecular flexibility index (Phi) is 4.17. The average Bonchev–Trinajstić information content (AvgIpc) is 2.76. The van der Waals surface area contributed by atoms with Crippen molar-refractivity contribution < 1.29 is 22.7 Å². The topological polar surface area (TPSA) is 96.4 Å². The van der Waals surface area contributed by atoms with Gasteiger partial charge in [0.25, 0.3) is 10.0 Å². The monoisotopic (exact) mass is 350 g/mol. The predicted molar refractivity (Wildman–Crippen MR) is 76.0 cm³/mol. The Labute approximate surface area is 128 Å². The summed E-state index contributed by atoms with van der Waals surface area (Å²) in [4.78, 5) is 14.6. The molecule has 6 nitrogen and oxygen atoms in total. The van der Waals surface area contributed by atoms with Gasteiger partial charge in [0.2, 0.25) is 0 Å². The van der Waals surface area contributed by atoms with Crippen LogP contribution in [0.3, 0.4) is 0 Å². The van der Waals surface area contributed by atoms with Gasteiger partial charge in [-0.25, -0.2) is 22.6 Å². The van der Waals surface area contributed by atoms with Gasteiger partial charge in [-0.05, 0) is 19.1 Å². The number of aromatic carboxylic acids is 1. The molecule has 0 aliphatic heterocycles. The smallest absolute Gasteiger partial charge is 0.338 e. The molecule has 0 saturated carbocycles. The van der Waals surface area contributed by atoms with Crippen LogP contribution < -0.4 is 4.72 Å². The first-order valence-electron chi connectivity index (χ1n) is 5.38. The van der Waals surface area contributed by atoms with Gasteiger partial charge in [0.05, 0.1) is 5.56 Å². The second-order valence-electron chi connectivity index (χ2n) is 3.95. The number of thiazole rings is 1. The summed E-state index contributed by atoms with van der Waals surface area (Å²) in [7, 11) is -4.33. The number of hydrogen-bond acceptors (Lipinski definition) is 5. The number of sulfonamides is 1. The van der Waals surface area contributed by atoms with E-state index < -0.39 is 32.3 Å². The molecule has 0 fully saturated rings. The van der Waals surface area contributed by atoms with Crippen molar-refractivity contribution in [2.45, 2.75) is 11.8 Å². The first-order chi connectivity index (χ1) is 9.70. The first kappa shape index (κ1) is 15.7. The van der Waals surface area contributed by atoms with E-state index in [0.29, 0.717) is 0 Å². The van der Waals surface area contributed by atoms with Crippen LogP contribution in [-0.4, -0.2) is 24.5 Å². The molecule has 2 N–H and O–H groups in total. The van der Waals surface area contributed by atoms with E-state index in [0.717, 1.165) is 28.3 Å². The lowest BCUT2D eigenvalue weighted by atomic mass is 10.2. The highest BCUT2D eigenvalue weighted by Crippen LogP contribution is 2.27. The normalized spacial score (nSPS) is 11.4. The van der Waals surface area contributed by atoms with Crippen LogP contribution in [0.2, 0.25) is 5.02 Å². The van der Waals surface area contributed by atoms with E-state index in [1.54, 1.807) is 6.92 Å². The molecule has 0 spiro atoms. The van der Waals surface area contributed by atoms with Gasteiger partial charge in [0.1, 0.15) is 4.90 Å². The number of aromatic nitrogens is 1. The molecule has 0 aliphatic carbocycles. The van der Waals surface area contributed by atoms with Gasteiger partial charge >= 0.3 is 5.97 Å². The minimum Gasteiger partial charge on any atom is -0.478 e. The number of carboxylic acid groups (broad SMARTS) is 1. The fraction of sp³-hybridized carbons (Fsp3) is 0.0909. The quantitative estimate of drug-likeness (QED) is 0.883. The number of nitrogens with zero attached hydrogens (tertiary/aromatic N) is 1. The number of carboxylic acids is 1. The maximum Gasteiger partial charge on any atom is 0.338 e. The van der Waals surface area contributed by atoms with Crippen molar-refractivity contribution in [3.8, 4) is 0 Å². The minimum absolute atomic E-state index is 0.0451. The number of anilines is 1. The molecule has 21 heavy (non-hydrogen) atoms. The number of nitrogens with one attached hydrogen (secondary N) is 1. The van der Waals surface area contributed by atoms with E-state index in [2.05, 4.69) is 9.71 Å². The van der Waals surface area contributed by atoms with Crippen molar-refractivity contribution in [3.05, 3.63) is 39.6 Å². The molecule has 1 aromatic heterocycles. The van der Waals surface area contributed by atoms with Crippen molar-refractivity contribution in [2.75, 3.05) is 4.72 Å². The van der Waals surface area contributed by atoms with E-state index in [1.807, 2.05) is 0 Å². The SMILES string of the molecule is Cc1cnc(NS(=O)(=O)c2cc(Cl)cc(C(=O)O)c2F)s1. The largest absolute Gasteiger partial charge is 0.478 e. The predicted octanol–water partition coefficient (Wildman–Crippen LogP) is 2.74. The molecule has 0 radical (unpaired) electrons. The number of halogens is 2. The Morgan fingerprint density at radius 3 is 2.67 bits per heavy atom. The fourth-order valence-corrected chi connectivity index (χ4v) is 3.80. The van der Waals surface area contributed by atoms with Crippen LogP contribution in [0.5, 0.6) is 0 Å². The van der Waals surface area contributed by atoms with E-state index in [1.165, 1.54) is 6.20 Å². The Balaban J connectivity index is 2.52. The van der Waals surface area contributed by atoms with Gasteiger partial charge in [-0.1, -0.05) is 11.6 Å². The fourth-order valence-electron chi connectivity index (χ4n) is 1.49. The lowest BCUT2D eigenvalue weighted by Crippen LogP contribution is -2.16. The van der Waals surface area contributed by atoms with Gasteiger partial charge in [0, 0.05) is 16.1 Å². The van der Waals surface area contributed by atoms with Crippen LogP contribution in [0.15, 0.2) is 23.2 Å². The molecule has 1 aromatic carbocycles. The van der Waals surface area contributed by atoms with Crippen LogP contribution in [0.25, 0.3) is 0 Å². The molecule has 10 heteroatoms. The van der Waals surface area contributed by atoms with E-state index in [9.17, 15) is 17.6 Å². The second-order valence-corrected chi connectivity index (χ2v) is 7.27. The lowest BCUT2D eigenvalue weighted by molar-refractivity contribution is 0.0691. The van der Waals surface area contributed by atoms with Crippen LogP contribution in [0, 0.1) is 12.7 Å².